The number of aromatic nitrogens is 3. The Morgan fingerprint density at radius 1 is 0.453 bits per heavy atom. The van der Waals surface area contributed by atoms with Gasteiger partial charge in [0.2, 0.25) is 0 Å². The van der Waals surface area contributed by atoms with Crippen molar-refractivity contribution in [2.45, 2.75) is 5.41 Å². The third-order valence-electron chi connectivity index (χ3n) is 10.4. The Labute approximate surface area is 308 Å². The van der Waals surface area contributed by atoms with Gasteiger partial charge in [-0.15, -0.1) is 0 Å². The molecular formula is C48H32N4O. The molecule has 1 aliphatic carbocycles. The Morgan fingerprint density at radius 3 is 1.74 bits per heavy atom. The molecule has 1 aromatic heterocycles. The molecule has 8 aromatic rings. The molecule has 53 heavy (non-hydrogen) atoms. The molecule has 10 rings (SSSR count). The zero-order chi connectivity index (χ0) is 35.4. The van der Waals surface area contributed by atoms with E-state index in [-0.39, 0.29) is 0 Å². The second-order valence-electron chi connectivity index (χ2n) is 13.4. The van der Waals surface area contributed by atoms with E-state index in [9.17, 15) is 0 Å². The Balaban J connectivity index is 1.21. The van der Waals surface area contributed by atoms with Crippen LogP contribution in [-0.2, 0) is 5.41 Å². The molecule has 0 saturated carbocycles. The number of benzene rings is 7. The monoisotopic (exact) mass is 680 g/mol. The predicted molar refractivity (Wildman–Crippen MR) is 212 cm³/mol. The smallest absolute Gasteiger partial charge is 0.164 e. The highest BCUT2D eigenvalue weighted by molar-refractivity contribution is 5.95. The molecule has 5 nitrogen and oxygen atoms in total. The summed E-state index contributed by atoms with van der Waals surface area (Å²) in [5, 5.41) is 0. The number of hydrogen-bond acceptors (Lipinski definition) is 5. The van der Waals surface area contributed by atoms with E-state index in [2.05, 4.69) is 145 Å². The van der Waals surface area contributed by atoms with Crippen molar-refractivity contribution < 1.29 is 4.74 Å². The van der Waals surface area contributed by atoms with Gasteiger partial charge in [0, 0.05) is 41.1 Å². The lowest BCUT2D eigenvalue weighted by atomic mass is 9.66. The quantitative estimate of drug-likeness (QED) is 0.170. The number of para-hydroxylation sites is 2. The van der Waals surface area contributed by atoms with Crippen LogP contribution in [0.15, 0.2) is 175 Å². The summed E-state index contributed by atoms with van der Waals surface area (Å²) in [6.07, 6.45) is 1.86. The first-order valence-electron chi connectivity index (χ1n) is 17.8. The summed E-state index contributed by atoms with van der Waals surface area (Å²) in [7, 11) is 1.79. The molecule has 0 bridgehead atoms. The lowest BCUT2D eigenvalue weighted by Gasteiger charge is -2.39. The second kappa shape index (κ2) is 12.4. The van der Waals surface area contributed by atoms with Crippen LogP contribution >= 0.6 is 0 Å². The Kier molecular flexibility index (Phi) is 7.18. The number of nitrogens with zero attached hydrogens (tertiary/aromatic N) is 4. The Morgan fingerprint density at radius 2 is 1.00 bits per heavy atom. The number of aliphatic imine (C=N–C) groups is 1. The molecule has 0 amide bonds. The van der Waals surface area contributed by atoms with Crippen LogP contribution in [0.25, 0.3) is 56.4 Å². The first-order chi connectivity index (χ1) is 26.2. The van der Waals surface area contributed by atoms with Crippen molar-refractivity contribution in [2.75, 3.05) is 7.05 Å². The lowest BCUT2D eigenvalue weighted by Crippen LogP contribution is -2.32. The van der Waals surface area contributed by atoms with E-state index in [1.165, 1.54) is 11.1 Å². The van der Waals surface area contributed by atoms with Gasteiger partial charge in [-0.3, -0.25) is 4.99 Å². The van der Waals surface area contributed by atoms with Crippen LogP contribution in [0.2, 0.25) is 0 Å². The first-order valence-corrected chi connectivity index (χ1v) is 17.8. The first kappa shape index (κ1) is 30.8. The third kappa shape index (κ3) is 4.85. The van der Waals surface area contributed by atoms with Crippen molar-refractivity contribution >= 4 is 6.21 Å². The van der Waals surface area contributed by atoms with Crippen molar-refractivity contribution in [1.82, 2.24) is 15.0 Å². The van der Waals surface area contributed by atoms with E-state index in [0.29, 0.717) is 17.5 Å². The molecule has 0 radical (unpaired) electrons. The molecule has 0 saturated heterocycles. The maximum absolute atomic E-state index is 6.56. The molecule has 250 valence electrons. The summed E-state index contributed by atoms with van der Waals surface area (Å²) in [6, 6.07) is 59.1. The van der Waals surface area contributed by atoms with Crippen molar-refractivity contribution in [3.05, 3.63) is 198 Å². The molecule has 5 heteroatoms. The highest BCUT2D eigenvalue weighted by Crippen LogP contribution is 2.63. The summed E-state index contributed by atoms with van der Waals surface area (Å²) < 4.78 is 6.56. The summed E-state index contributed by atoms with van der Waals surface area (Å²) in [6.45, 7) is 0. The van der Waals surface area contributed by atoms with Gasteiger partial charge in [-0.2, -0.15) is 0 Å². The summed E-state index contributed by atoms with van der Waals surface area (Å²) in [4.78, 5) is 19.8. The third-order valence-corrected chi connectivity index (χ3v) is 10.4. The van der Waals surface area contributed by atoms with Crippen LogP contribution in [0, 0.1) is 0 Å². The molecule has 0 unspecified atom stereocenters. The fourth-order valence-electron chi connectivity index (χ4n) is 8.18. The average molecular weight is 681 g/mol. The molecule has 0 N–H and O–H groups in total. The van der Waals surface area contributed by atoms with Gasteiger partial charge in [0.05, 0.1) is 5.41 Å². The fraction of sp³-hybridized carbons (Fsp3) is 0.0417. The van der Waals surface area contributed by atoms with Crippen molar-refractivity contribution in [2.24, 2.45) is 4.99 Å². The summed E-state index contributed by atoms with van der Waals surface area (Å²) in [5.74, 6) is 3.59. The van der Waals surface area contributed by atoms with Crippen LogP contribution < -0.4 is 4.74 Å². The molecule has 2 aliphatic rings. The Hall–Kier alpha value is -6.98. The fourth-order valence-corrected chi connectivity index (χ4v) is 8.18. The maximum Gasteiger partial charge on any atom is 0.164 e. The van der Waals surface area contributed by atoms with Gasteiger partial charge >= 0.3 is 0 Å². The highest BCUT2D eigenvalue weighted by Gasteiger charge is 2.51. The van der Waals surface area contributed by atoms with Gasteiger partial charge in [0.1, 0.15) is 11.5 Å². The minimum atomic E-state index is -0.585. The summed E-state index contributed by atoms with van der Waals surface area (Å²) in [5.41, 5.74) is 12.4. The number of fused-ring (bicyclic) bond motifs is 9. The molecular weight excluding hydrogens is 649 g/mol. The molecule has 0 atom stereocenters. The van der Waals surface area contributed by atoms with E-state index < -0.39 is 5.41 Å². The van der Waals surface area contributed by atoms with Crippen LogP contribution in [0.3, 0.4) is 0 Å². The standard InChI is InChI=1S/C48H32N4O/c1-49-30-31-25-27-32(28-26-31)34-15-11-16-35(29-34)46-50-45(33-13-3-2-4-14-33)51-47(52-46)37-18-12-22-41-44(37)36-17-5-6-19-38(36)48(41)39-20-7-9-23-42(39)53-43-24-10-8-21-40(43)48/h2-30H,1H3. The average Bonchev–Trinajstić information content (AvgIpc) is 3.52. The second-order valence-corrected chi connectivity index (χ2v) is 13.4. The van der Waals surface area contributed by atoms with Crippen molar-refractivity contribution in [3.63, 3.8) is 0 Å². The van der Waals surface area contributed by atoms with Gasteiger partial charge in [-0.1, -0.05) is 152 Å². The topological polar surface area (TPSA) is 60.3 Å². The normalized spacial score (nSPS) is 13.2. The minimum Gasteiger partial charge on any atom is -0.457 e. The maximum atomic E-state index is 6.56. The van der Waals surface area contributed by atoms with Gasteiger partial charge in [-0.25, -0.2) is 15.0 Å². The zero-order valence-electron chi connectivity index (χ0n) is 28.9. The van der Waals surface area contributed by atoms with Crippen LogP contribution in [0.1, 0.15) is 27.8 Å². The van der Waals surface area contributed by atoms with Gasteiger partial charge in [0.25, 0.3) is 0 Å². The molecule has 7 aromatic carbocycles. The van der Waals surface area contributed by atoms with Crippen molar-refractivity contribution in [3.8, 4) is 67.9 Å². The number of hydrogen-bond donors (Lipinski definition) is 0. The van der Waals surface area contributed by atoms with Gasteiger partial charge in [-0.05, 0) is 57.1 Å². The SMILES string of the molecule is CN=Cc1ccc(-c2cccc(-c3nc(-c4ccccc4)nc(-c4cccc5c4-c4ccccc4C54c5ccccc5Oc5ccccc54)n3)c2)cc1. The molecule has 2 heterocycles. The van der Waals surface area contributed by atoms with E-state index >= 15 is 0 Å². The minimum absolute atomic E-state index is 0.585. The Bertz CT molecular complexity index is 2670. The van der Waals surface area contributed by atoms with Crippen LogP contribution in [-0.4, -0.2) is 28.2 Å². The van der Waals surface area contributed by atoms with Gasteiger partial charge in [0.15, 0.2) is 17.5 Å². The van der Waals surface area contributed by atoms with E-state index in [0.717, 1.165) is 67.1 Å². The van der Waals surface area contributed by atoms with Crippen LogP contribution in [0.5, 0.6) is 11.5 Å². The van der Waals surface area contributed by atoms with Crippen LogP contribution in [0.4, 0.5) is 0 Å². The van der Waals surface area contributed by atoms with Crippen molar-refractivity contribution in [1.29, 1.82) is 0 Å². The molecule has 1 spiro atoms. The van der Waals surface area contributed by atoms with Gasteiger partial charge < -0.3 is 4.74 Å². The summed E-state index contributed by atoms with van der Waals surface area (Å²) >= 11 is 0. The highest BCUT2D eigenvalue weighted by atomic mass is 16.5. The predicted octanol–water partition coefficient (Wildman–Crippen LogP) is 11.1. The molecule has 1 aliphatic heterocycles. The lowest BCUT2D eigenvalue weighted by molar-refractivity contribution is 0.436. The molecule has 0 fully saturated rings. The zero-order valence-corrected chi connectivity index (χ0v) is 28.9. The largest absolute Gasteiger partial charge is 0.457 e. The van der Waals surface area contributed by atoms with E-state index in [1.54, 1.807) is 7.05 Å². The van der Waals surface area contributed by atoms with E-state index in [1.807, 2.05) is 36.5 Å². The number of ether oxygens (including phenoxy) is 1. The van der Waals surface area contributed by atoms with E-state index in [4.69, 9.17) is 19.7 Å². The number of rotatable bonds is 5.